The highest BCUT2D eigenvalue weighted by Crippen LogP contribution is 2.31. The first-order chi connectivity index (χ1) is 9.38. The van der Waals surface area contributed by atoms with Gasteiger partial charge in [-0.2, -0.15) is 13.2 Å². The molecule has 1 nitrogen and oxygen atoms in total. The van der Waals surface area contributed by atoms with Crippen molar-refractivity contribution >= 4 is 27.7 Å². The Kier molecular flexibility index (Phi) is 4.70. The lowest BCUT2D eigenvalue weighted by Gasteiger charge is -2.07. The van der Waals surface area contributed by atoms with Crippen molar-refractivity contribution in [2.45, 2.75) is 17.0 Å². The predicted octanol–water partition coefficient (Wildman–Crippen LogP) is 5.29. The summed E-state index contributed by atoms with van der Waals surface area (Å²) in [5.41, 5.74) is -0.0644. The second-order valence-electron chi connectivity index (χ2n) is 3.88. The molecule has 20 heavy (non-hydrogen) atoms. The molecule has 0 atom stereocenters. The van der Waals surface area contributed by atoms with Crippen molar-refractivity contribution < 1.29 is 17.6 Å². The van der Waals surface area contributed by atoms with Crippen molar-refractivity contribution in [3.8, 4) is 0 Å². The Morgan fingerprint density at radius 2 is 1.90 bits per heavy atom. The number of aromatic nitrogens is 1. The molecule has 0 bridgehead atoms. The summed E-state index contributed by atoms with van der Waals surface area (Å²) in [6.07, 6.45) is -3.59. The van der Waals surface area contributed by atoms with Crippen molar-refractivity contribution in [2.24, 2.45) is 0 Å². The fourth-order valence-electron chi connectivity index (χ4n) is 1.44. The number of hydrogen-bond acceptors (Lipinski definition) is 2. The normalized spacial score (nSPS) is 11.7. The molecule has 0 unspecified atom stereocenters. The molecule has 0 fully saturated rings. The first-order valence-corrected chi connectivity index (χ1v) is 7.25. The minimum Gasteiger partial charge on any atom is -0.249 e. The highest BCUT2D eigenvalue weighted by Gasteiger charge is 2.30. The molecule has 0 saturated carbocycles. The summed E-state index contributed by atoms with van der Waals surface area (Å²) in [5.74, 6) is 0.0416. The van der Waals surface area contributed by atoms with Gasteiger partial charge < -0.3 is 0 Å². The van der Waals surface area contributed by atoms with Crippen molar-refractivity contribution in [3.05, 3.63) is 57.9 Å². The van der Waals surface area contributed by atoms with Gasteiger partial charge in [0, 0.05) is 11.9 Å². The fraction of sp³-hybridized carbons (Fsp3) is 0.154. The van der Waals surface area contributed by atoms with Crippen molar-refractivity contribution in [1.29, 1.82) is 0 Å². The molecule has 106 valence electrons. The summed E-state index contributed by atoms with van der Waals surface area (Å²) in [7, 11) is 0. The lowest BCUT2D eigenvalue weighted by Crippen LogP contribution is -2.05. The van der Waals surface area contributed by atoms with Gasteiger partial charge in [-0.3, -0.25) is 0 Å². The summed E-state index contributed by atoms with van der Waals surface area (Å²) in [4.78, 5) is 3.75. The molecular weight excluding hydrogens is 358 g/mol. The van der Waals surface area contributed by atoms with Gasteiger partial charge in [0.1, 0.15) is 5.82 Å². The van der Waals surface area contributed by atoms with Gasteiger partial charge in [-0.1, -0.05) is 12.1 Å². The van der Waals surface area contributed by atoms with Gasteiger partial charge in [0.05, 0.1) is 15.1 Å². The predicted molar refractivity (Wildman–Crippen MR) is 72.9 cm³/mol. The number of hydrogen-bond donors (Lipinski definition) is 0. The van der Waals surface area contributed by atoms with Gasteiger partial charge in [0.25, 0.3) is 0 Å². The van der Waals surface area contributed by atoms with Crippen LogP contribution in [-0.4, -0.2) is 4.98 Å². The van der Waals surface area contributed by atoms with Crippen molar-refractivity contribution in [1.82, 2.24) is 4.98 Å². The quantitative estimate of drug-likeness (QED) is 0.541. The Bertz CT molecular complexity index is 598. The molecule has 0 aliphatic heterocycles. The minimum atomic E-state index is -4.39. The Hall–Kier alpha value is -1.08. The highest BCUT2D eigenvalue weighted by atomic mass is 79.9. The maximum absolute atomic E-state index is 13.3. The van der Waals surface area contributed by atoms with Crippen LogP contribution in [0.2, 0.25) is 0 Å². The largest absolute Gasteiger partial charge is 0.417 e. The lowest BCUT2D eigenvalue weighted by molar-refractivity contribution is -0.137. The monoisotopic (exact) mass is 365 g/mol. The lowest BCUT2D eigenvalue weighted by atomic mass is 10.2. The van der Waals surface area contributed by atoms with Crippen LogP contribution in [0.25, 0.3) is 0 Å². The maximum atomic E-state index is 13.3. The van der Waals surface area contributed by atoms with E-state index in [1.165, 1.54) is 23.9 Å². The number of benzene rings is 1. The average molecular weight is 366 g/mol. The molecule has 2 aromatic rings. The number of thioether (sulfide) groups is 1. The first-order valence-electron chi connectivity index (χ1n) is 5.47. The second-order valence-corrected chi connectivity index (χ2v) is 5.67. The summed E-state index contributed by atoms with van der Waals surface area (Å²) in [6, 6.07) is 6.94. The Labute approximate surface area is 125 Å². The molecule has 2 rings (SSSR count). The van der Waals surface area contributed by atoms with Crippen LogP contribution in [0, 0.1) is 5.82 Å². The number of rotatable bonds is 3. The van der Waals surface area contributed by atoms with Gasteiger partial charge in [-0.05, 0) is 39.7 Å². The molecule has 1 aromatic heterocycles. The molecule has 1 heterocycles. The molecule has 0 aliphatic carbocycles. The molecule has 0 radical (unpaired) electrons. The van der Waals surface area contributed by atoms with E-state index in [1.54, 1.807) is 12.1 Å². The van der Waals surface area contributed by atoms with Crippen molar-refractivity contribution in [3.63, 3.8) is 0 Å². The smallest absolute Gasteiger partial charge is 0.249 e. The number of pyridine rings is 1. The molecule has 0 saturated heterocycles. The first kappa shape index (κ1) is 15.3. The minimum absolute atomic E-state index is 0.361. The average Bonchev–Trinajstić information content (AvgIpc) is 2.40. The zero-order chi connectivity index (χ0) is 14.8. The molecule has 0 aliphatic rings. The van der Waals surface area contributed by atoms with Crippen LogP contribution in [-0.2, 0) is 11.9 Å². The van der Waals surface area contributed by atoms with E-state index in [9.17, 15) is 17.6 Å². The van der Waals surface area contributed by atoms with E-state index in [-0.39, 0.29) is 5.82 Å². The Balaban J connectivity index is 2.06. The van der Waals surface area contributed by atoms with Gasteiger partial charge in [0.15, 0.2) is 0 Å². The summed E-state index contributed by atoms with van der Waals surface area (Å²) in [6.45, 7) is 0. The van der Waals surface area contributed by atoms with Crippen molar-refractivity contribution in [2.75, 3.05) is 0 Å². The number of halogens is 5. The molecule has 0 N–H and O–H groups in total. The van der Waals surface area contributed by atoms with E-state index in [2.05, 4.69) is 20.9 Å². The van der Waals surface area contributed by atoms with Gasteiger partial charge in [-0.25, -0.2) is 9.37 Å². The van der Waals surface area contributed by atoms with Crippen LogP contribution in [0.4, 0.5) is 17.6 Å². The molecular formula is C13H8BrF4NS. The zero-order valence-electron chi connectivity index (χ0n) is 9.92. The molecule has 0 spiro atoms. The Morgan fingerprint density at radius 3 is 2.50 bits per heavy atom. The van der Waals surface area contributed by atoms with Crippen LogP contribution in [0.5, 0.6) is 0 Å². The molecule has 7 heteroatoms. The van der Waals surface area contributed by atoms with Crippen LogP contribution in [0.1, 0.15) is 11.1 Å². The number of nitrogens with zero attached hydrogens (tertiary/aromatic N) is 1. The van der Waals surface area contributed by atoms with E-state index >= 15 is 0 Å². The fourth-order valence-corrected chi connectivity index (χ4v) is 2.87. The van der Waals surface area contributed by atoms with Gasteiger partial charge >= 0.3 is 6.18 Å². The third-order valence-corrected chi connectivity index (χ3v) is 4.35. The third-order valence-electron chi connectivity index (χ3n) is 2.47. The van der Waals surface area contributed by atoms with Crippen LogP contribution < -0.4 is 0 Å². The molecule has 1 aromatic carbocycles. The topological polar surface area (TPSA) is 12.9 Å². The van der Waals surface area contributed by atoms with Gasteiger partial charge in [-0.15, -0.1) is 11.8 Å². The van der Waals surface area contributed by atoms with E-state index in [0.29, 0.717) is 15.3 Å². The maximum Gasteiger partial charge on any atom is 0.417 e. The van der Waals surface area contributed by atoms with Crippen LogP contribution in [0.15, 0.2) is 46.0 Å². The SMILES string of the molecule is Fc1cccc(CSc2ccc(C(F)(F)F)cn2)c1Br. The number of alkyl halides is 3. The zero-order valence-corrected chi connectivity index (χ0v) is 12.3. The summed E-state index contributed by atoms with van der Waals surface area (Å²) < 4.78 is 50.8. The van der Waals surface area contributed by atoms with E-state index in [4.69, 9.17) is 0 Å². The van der Waals surface area contributed by atoms with E-state index in [0.717, 1.165) is 17.8 Å². The van der Waals surface area contributed by atoms with Crippen LogP contribution in [0.3, 0.4) is 0 Å². The Morgan fingerprint density at radius 1 is 1.15 bits per heavy atom. The summed E-state index contributed by atoms with van der Waals surface area (Å²) >= 11 is 4.37. The summed E-state index contributed by atoms with van der Waals surface area (Å²) in [5, 5.41) is 0.453. The standard InChI is InChI=1S/C13H8BrF4NS/c14-12-8(2-1-3-10(12)15)7-20-11-5-4-9(6-19-11)13(16,17)18/h1-6H,7H2. The molecule has 0 amide bonds. The third kappa shape index (κ3) is 3.73. The highest BCUT2D eigenvalue weighted by molar-refractivity contribution is 9.10. The van der Waals surface area contributed by atoms with E-state index < -0.39 is 11.7 Å². The van der Waals surface area contributed by atoms with Gasteiger partial charge in [0.2, 0.25) is 0 Å². The van der Waals surface area contributed by atoms with Crippen LogP contribution >= 0.6 is 27.7 Å². The second kappa shape index (κ2) is 6.13. The van der Waals surface area contributed by atoms with E-state index in [1.807, 2.05) is 0 Å².